The SMILES string of the molecule is CC(=O)Nc1ccc(NC(=O)CSc2nc3c(c(=O)[nH]2)CN(Cc2ccc(Cl)cc2)CC3)cc1. The molecule has 1 aliphatic heterocycles. The number of amides is 2. The van der Waals surface area contributed by atoms with Crippen molar-refractivity contribution in [2.75, 3.05) is 22.9 Å². The summed E-state index contributed by atoms with van der Waals surface area (Å²) in [6.45, 7) is 3.49. The van der Waals surface area contributed by atoms with Crippen LogP contribution in [0.1, 0.15) is 23.7 Å². The van der Waals surface area contributed by atoms with Gasteiger partial charge in [0.1, 0.15) is 0 Å². The second-order valence-corrected chi connectivity index (χ2v) is 9.38. The van der Waals surface area contributed by atoms with E-state index in [1.807, 2.05) is 24.3 Å². The molecule has 0 radical (unpaired) electrons. The Morgan fingerprint density at radius 2 is 1.76 bits per heavy atom. The van der Waals surface area contributed by atoms with E-state index in [9.17, 15) is 14.4 Å². The Labute approximate surface area is 206 Å². The molecule has 3 N–H and O–H groups in total. The number of benzene rings is 2. The van der Waals surface area contributed by atoms with Crippen molar-refractivity contribution in [2.45, 2.75) is 31.6 Å². The predicted molar refractivity (Wildman–Crippen MR) is 134 cm³/mol. The number of carbonyl (C=O) groups is 2. The molecule has 0 unspecified atom stereocenters. The molecule has 0 fully saturated rings. The van der Waals surface area contributed by atoms with Crippen molar-refractivity contribution < 1.29 is 9.59 Å². The second kappa shape index (κ2) is 10.9. The van der Waals surface area contributed by atoms with Gasteiger partial charge in [0.05, 0.1) is 17.0 Å². The molecule has 3 aromatic rings. The van der Waals surface area contributed by atoms with Crippen LogP contribution < -0.4 is 16.2 Å². The van der Waals surface area contributed by atoms with Gasteiger partial charge < -0.3 is 15.6 Å². The van der Waals surface area contributed by atoms with Crippen LogP contribution in [0, 0.1) is 0 Å². The Balaban J connectivity index is 1.32. The van der Waals surface area contributed by atoms with Crippen LogP contribution in [0.3, 0.4) is 0 Å². The van der Waals surface area contributed by atoms with Crippen molar-refractivity contribution in [3.05, 3.63) is 80.7 Å². The lowest BCUT2D eigenvalue weighted by atomic mass is 10.1. The number of fused-ring (bicyclic) bond motifs is 1. The van der Waals surface area contributed by atoms with E-state index in [0.29, 0.717) is 40.1 Å². The van der Waals surface area contributed by atoms with Gasteiger partial charge in [0.2, 0.25) is 11.8 Å². The fourth-order valence-electron chi connectivity index (χ4n) is 3.68. The van der Waals surface area contributed by atoms with Gasteiger partial charge in [0, 0.05) is 49.4 Å². The van der Waals surface area contributed by atoms with Crippen molar-refractivity contribution in [3.8, 4) is 0 Å². The van der Waals surface area contributed by atoms with Crippen LogP contribution in [-0.4, -0.2) is 39.0 Å². The number of hydrogen-bond donors (Lipinski definition) is 3. The summed E-state index contributed by atoms with van der Waals surface area (Å²) < 4.78 is 0. The third kappa shape index (κ3) is 6.47. The standard InChI is InChI=1S/C24H24ClN5O3S/c1-15(31)26-18-6-8-19(9-7-18)27-22(32)14-34-24-28-21-10-11-30(13-20(21)23(33)29-24)12-16-2-4-17(25)5-3-16/h2-9H,10-14H2,1H3,(H,26,31)(H,27,32)(H,28,29,33). The molecular weight excluding hydrogens is 474 g/mol. The van der Waals surface area contributed by atoms with Crippen molar-refractivity contribution >= 4 is 46.6 Å². The first-order chi connectivity index (χ1) is 16.4. The molecule has 0 saturated carbocycles. The van der Waals surface area contributed by atoms with Gasteiger partial charge in [-0.2, -0.15) is 0 Å². The maximum Gasteiger partial charge on any atom is 0.256 e. The van der Waals surface area contributed by atoms with Crippen molar-refractivity contribution in [1.29, 1.82) is 0 Å². The lowest BCUT2D eigenvalue weighted by Crippen LogP contribution is -2.35. The summed E-state index contributed by atoms with van der Waals surface area (Å²) in [4.78, 5) is 45.7. The number of rotatable bonds is 7. The maximum atomic E-state index is 12.7. The van der Waals surface area contributed by atoms with Crippen LogP contribution in [0.5, 0.6) is 0 Å². The molecule has 176 valence electrons. The quantitative estimate of drug-likeness (QED) is 0.339. The molecule has 0 bridgehead atoms. The molecule has 0 saturated heterocycles. The highest BCUT2D eigenvalue weighted by molar-refractivity contribution is 7.99. The van der Waals surface area contributed by atoms with Gasteiger partial charge in [-0.05, 0) is 42.0 Å². The van der Waals surface area contributed by atoms with Crippen LogP contribution >= 0.6 is 23.4 Å². The van der Waals surface area contributed by atoms with Gasteiger partial charge in [-0.3, -0.25) is 19.3 Å². The monoisotopic (exact) mass is 497 g/mol. The van der Waals surface area contributed by atoms with Gasteiger partial charge in [-0.1, -0.05) is 35.5 Å². The van der Waals surface area contributed by atoms with Crippen LogP contribution in [-0.2, 0) is 29.1 Å². The highest BCUT2D eigenvalue weighted by atomic mass is 35.5. The van der Waals surface area contributed by atoms with Crippen molar-refractivity contribution in [1.82, 2.24) is 14.9 Å². The summed E-state index contributed by atoms with van der Waals surface area (Å²) in [5.74, 6) is -0.265. The molecular formula is C24H24ClN5O3S. The minimum atomic E-state index is -0.216. The van der Waals surface area contributed by atoms with E-state index in [4.69, 9.17) is 11.6 Å². The fourth-order valence-corrected chi connectivity index (χ4v) is 4.49. The molecule has 1 aromatic heterocycles. The molecule has 0 aliphatic carbocycles. The minimum Gasteiger partial charge on any atom is -0.326 e. The van der Waals surface area contributed by atoms with Gasteiger partial charge >= 0.3 is 0 Å². The van der Waals surface area contributed by atoms with E-state index in [-0.39, 0.29) is 23.1 Å². The largest absolute Gasteiger partial charge is 0.326 e. The number of nitrogens with zero attached hydrogens (tertiary/aromatic N) is 2. The average molecular weight is 498 g/mol. The van der Waals surface area contributed by atoms with Gasteiger partial charge in [0.15, 0.2) is 5.16 Å². The third-order valence-electron chi connectivity index (χ3n) is 5.27. The highest BCUT2D eigenvalue weighted by Crippen LogP contribution is 2.21. The number of hydrogen-bond acceptors (Lipinski definition) is 6. The van der Waals surface area contributed by atoms with Crippen LogP contribution in [0.4, 0.5) is 11.4 Å². The summed E-state index contributed by atoms with van der Waals surface area (Å²) in [7, 11) is 0. The Kier molecular flexibility index (Phi) is 7.66. The molecule has 0 spiro atoms. The minimum absolute atomic E-state index is 0.109. The Morgan fingerprint density at radius 3 is 2.44 bits per heavy atom. The van der Waals surface area contributed by atoms with E-state index >= 15 is 0 Å². The summed E-state index contributed by atoms with van der Waals surface area (Å²) in [6, 6.07) is 14.6. The van der Waals surface area contributed by atoms with Gasteiger partial charge in [-0.15, -0.1) is 0 Å². The second-order valence-electron chi connectivity index (χ2n) is 7.98. The first kappa shape index (κ1) is 24.0. The molecule has 2 heterocycles. The molecule has 1 aliphatic rings. The zero-order valence-corrected chi connectivity index (χ0v) is 20.1. The lowest BCUT2D eigenvalue weighted by molar-refractivity contribution is -0.114. The molecule has 8 nitrogen and oxygen atoms in total. The Hall–Kier alpha value is -3.14. The zero-order chi connectivity index (χ0) is 24.1. The van der Waals surface area contributed by atoms with Crippen LogP contribution in [0.15, 0.2) is 58.5 Å². The number of aromatic nitrogens is 2. The highest BCUT2D eigenvalue weighted by Gasteiger charge is 2.21. The van der Waals surface area contributed by atoms with E-state index in [1.165, 1.54) is 18.7 Å². The number of anilines is 2. The summed E-state index contributed by atoms with van der Waals surface area (Å²) in [5.41, 5.74) is 3.71. The van der Waals surface area contributed by atoms with Gasteiger partial charge in [-0.25, -0.2) is 4.98 Å². The predicted octanol–water partition coefficient (Wildman–Crippen LogP) is 3.67. The molecule has 34 heavy (non-hydrogen) atoms. The third-order valence-corrected chi connectivity index (χ3v) is 6.40. The van der Waals surface area contributed by atoms with Crippen LogP contribution in [0.25, 0.3) is 0 Å². The summed E-state index contributed by atoms with van der Waals surface area (Å²) in [5, 5.41) is 6.61. The van der Waals surface area contributed by atoms with Gasteiger partial charge in [0.25, 0.3) is 5.56 Å². The smallest absolute Gasteiger partial charge is 0.256 e. The number of H-pyrrole nitrogens is 1. The van der Waals surface area contributed by atoms with Crippen molar-refractivity contribution in [2.24, 2.45) is 0 Å². The van der Waals surface area contributed by atoms with Crippen molar-refractivity contribution in [3.63, 3.8) is 0 Å². The molecule has 2 amide bonds. The summed E-state index contributed by atoms with van der Waals surface area (Å²) >= 11 is 7.15. The molecule has 0 atom stereocenters. The topological polar surface area (TPSA) is 107 Å². The van der Waals surface area contributed by atoms with E-state index in [2.05, 4.69) is 25.5 Å². The molecule has 10 heteroatoms. The normalized spacial score (nSPS) is 13.2. The van der Waals surface area contributed by atoms with Crippen LogP contribution in [0.2, 0.25) is 5.02 Å². The summed E-state index contributed by atoms with van der Waals surface area (Å²) in [6.07, 6.45) is 0.674. The average Bonchev–Trinajstić information content (AvgIpc) is 2.81. The molecule has 2 aromatic carbocycles. The molecule has 4 rings (SSSR count). The number of carbonyl (C=O) groups excluding carboxylic acids is 2. The Bertz CT molecular complexity index is 1240. The number of aromatic amines is 1. The van der Waals surface area contributed by atoms with E-state index in [1.54, 1.807) is 24.3 Å². The first-order valence-corrected chi connectivity index (χ1v) is 12.1. The van der Waals surface area contributed by atoms with E-state index in [0.717, 1.165) is 24.3 Å². The lowest BCUT2D eigenvalue weighted by Gasteiger charge is -2.27. The fraction of sp³-hybridized carbons (Fsp3) is 0.250. The Morgan fingerprint density at radius 1 is 1.09 bits per heavy atom. The maximum absolute atomic E-state index is 12.7. The number of thioether (sulfide) groups is 1. The number of nitrogens with one attached hydrogen (secondary N) is 3. The first-order valence-electron chi connectivity index (χ1n) is 10.7. The van der Waals surface area contributed by atoms with E-state index < -0.39 is 0 Å². The number of halogens is 1. The zero-order valence-electron chi connectivity index (χ0n) is 18.6.